The Morgan fingerprint density at radius 3 is 2.81 bits per heavy atom. The molecule has 1 aliphatic heterocycles. The van der Waals surface area contributed by atoms with Gasteiger partial charge in [0, 0.05) is 22.6 Å². The summed E-state index contributed by atoms with van der Waals surface area (Å²) in [7, 11) is 0. The monoisotopic (exact) mass is 370 g/mol. The Labute approximate surface area is 139 Å². The molecule has 0 amide bonds. The molecule has 0 aromatic heterocycles. The Morgan fingerprint density at radius 2 is 2.05 bits per heavy atom. The van der Waals surface area contributed by atoms with Gasteiger partial charge in [-0.3, -0.25) is 4.79 Å². The molecule has 1 spiro atoms. The lowest BCUT2D eigenvalue weighted by atomic mass is 9.74. The average Bonchev–Trinajstić information content (AvgIpc) is 2.50. The molecule has 0 bridgehead atoms. The molecule has 1 aliphatic carbocycles. The molecule has 2 fully saturated rings. The second kappa shape index (κ2) is 6.39. The van der Waals surface area contributed by atoms with Crippen molar-refractivity contribution >= 4 is 33.3 Å². The fourth-order valence-corrected chi connectivity index (χ4v) is 4.30. The first-order chi connectivity index (χ1) is 10.1. The smallest absolute Gasteiger partial charge is 0.167 e. The lowest BCUT2D eigenvalue weighted by molar-refractivity contribution is -0.111. The van der Waals surface area contributed by atoms with E-state index in [9.17, 15) is 4.79 Å². The van der Waals surface area contributed by atoms with Crippen molar-refractivity contribution in [2.45, 2.75) is 50.5 Å². The lowest BCUT2D eigenvalue weighted by Gasteiger charge is -2.43. The van der Waals surface area contributed by atoms with Crippen molar-refractivity contribution in [3.8, 4) is 0 Å². The number of Topliss-reactive ketones (excluding diaryl/α,β-unsaturated/α-hetero) is 1. The van der Waals surface area contributed by atoms with Crippen molar-refractivity contribution in [1.82, 2.24) is 0 Å². The topological polar surface area (TPSA) is 26.3 Å². The van der Waals surface area contributed by atoms with E-state index in [0.717, 1.165) is 30.2 Å². The number of carbonyl (C=O) groups excluding carboxylic acids is 1. The molecule has 21 heavy (non-hydrogen) atoms. The fourth-order valence-electron chi connectivity index (χ4n) is 3.71. The molecule has 0 N–H and O–H groups in total. The van der Waals surface area contributed by atoms with Gasteiger partial charge in [0.15, 0.2) is 5.78 Å². The normalized spacial score (nSPS) is 25.0. The van der Waals surface area contributed by atoms with Gasteiger partial charge in [0.2, 0.25) is 0 Å². The molecule has 1 aromatic carbocycles. The Kier molecular flexibility index (Phi) is 4.72. The molecule has 1 unspecified atom stereocenters. The van der Waals surface area contributed by atoms with Crippen LogP contribution >= 0.6 is 27.5 Å². The van der Waals surface area contributed by atoms with E-state index in [2.05, 4.69) is 15.9 Å². The van der Waals surface area contributed by atoms with Gasteiger partial charge in [0.1, 0.15) is 0 Å². The van der Waals surface area contributed by atoms with Crippen LogP contribution in [0.2, 0.25) is 5.02 Å². The largest absolute Gasteiger partial charge is 0.375 e. The van der Waals surface area contributed by atoms with Crippen LogP contribution in [0.15, 0.2) is 22.7 Å². The summed E-state index contributed by atoms with van der Waals surface area (Å²) < 4.78 is 6.87. The highest BCUT2D eigenvalue weighted by molar-refractivity contribution is 9.10. The van der Waals surface area contributed by atoms with Crippen molar-refractivity contribution in [3.05, 3.63) is 33.3 Å². The number of benzene rings is 1. The van der Waals surface area contributed by atoms with E-state index in [4.69, 9.17) is 16.3 Å². The maximum Gasteiger partial charge on any atom is 0.167 e. The Bertz CT molecular complexity index is 532. The summed E-state index contributed by atoms with van der Waals surface area (Å²) in [5.74, 6) is 0.221. The summed E-state index contributed by atoms with van der Waals surface area (Å²) in [6.45, 7) is 0.696. The number of ether oxygens (including phenoxy) is 1. The van der Waals surface area contributed by atoms with Crippen LogP contribution in [-0.2, 0) is 4.74 Å². The Hall–Kier alpha value is -0.380. The van der Waals surface area contributed by atoms with E-state index in [1.807, 2.05) is 18.2 Å². The van der Waals surface area contributed by atoms with Crippen molar-refractivity contribution in [1.29, 1.82) is 0 Å². The molecule has 0 radical (unpaired) electrons. The Morgan fingerprint density at radius 1 is 1.29 bits per heavy atom. The van der Waals surface area contributed by atoms with Gasteiger partial charge in [0.05, 0.1) is 10.6 Å². The second-order valence-electron chi connectivity index (χ2n) is 6.25. The zero-order valence-electron chi connectivity index (χ0n) is 12.0. The zero-order valence-corrected chi connectivity index (χ0v) is 14.4. The van der Waals surface area contributed by atoms with E-state index in [0.29, 0.717) is 17.2 Å². The highest BCUT2D eigenvalue weighted by Gasteiger charge is 2.41. The van der Waals surface area contributed by atoms with Gasteiger partial charge < -0.3 is 4.74 Å². The maximum atomic E-state index is 12.8. The molecule has 1 saturated heterocycles. The highest BCUT2D eigenvalue weighted by atomic mass is 79.9. The lowest BCUT2D eigenvalue weighted by Crippen LogP contribution is -2.43. The van der Waals surface area contributed by atoms with Gasteiger partial charge >= 0.3 is 0 Å². The molecule has 2 aliphatic rings. The zero-order chi connectivity index (χ0) is 14.9. The van der Waals surface area contributed by atoms with Crippen LogP contribution in [0.4, 0.5) is 0 Å². The van der Waals surface area contributed by atoms with Crippen molar-refractivity contribution < 1.29 is 9.53 Å². The van der Waals surface area contributed by atoms with Crippen LogP contribution in [0.5, 0.6) is 0 Å². The van der Waals surface area contributed by atoms with Gasteiger partial charge in [-0.15, -0.1) is 0 Å². The molecule has 1 heterocycles. The minimum atomic E-state index is -0.0463. The fraction of sp³-hybridized carbons (Fsp3) is 0.588. The molecule has 114 valence electrons. The van der Waals surface area contributed by atoms with Gasteiger partial charge in [-0.1, -0.05) is 36.9 Å². The summed E-state index contributed by atoms with van der Waals surface area (Å²) >= 11 is 9.69. The SMILES string of the molecule is O=C(c1cccc(Br)c1Cl)C1CCOC2(CCCCC2)C1. The maximum absolute atomic E-state index is 12.8. The highest BCUT2D eigenvalue weighted by Crippen LogP contribution is 2.42. The third-order valence-electron chi connectivity index (χ3n) is 4.85. The number of hydrogen-bond acceptors (Lipinski definition) is 2. The number of halogens is 2. The molecule has 1 saturated carbocycles. The van der Waals surface area contributed by atoms with Crippen molar-refractivity contribution in [2.75, 3.05) is 6.61 Å². The van der Waals surface area contributed by atoms with Gasteiger partial charge in [-0.05, 0) is 53.7 Å². The van der Waals surface area contributed by atoms with Crippen LogP contribution in [0.3, 0.4) is 0 Å². The molecular weight excluding hydrogens is 352 g/mol. The first-order valence-electron chi connectivity index (χ1n) is 7.73. The minimum absolute atomic E-state index is 0.0450. The van der Waals surface area contributed by atoms with E-state index < -0.39 is 0 Å². The predicted molar refractivity (Wildman–Crippen MR) is 88.0 cm³/mol. The standard InChI is InChI=1S/C17H20BrClO2/c18-14-6-4-5-13(15(14)19)16(20)12-7-10-21-17(11-12)8-2-1-3-9-17/h4-6,12H,1-3,7-11H2. The van der Waals surface area contributed by atoms with Gasteiger partial charge in [0.25, 0.3) is 0 Å². The molecule has 2 nitrogen and oxygen atoms in total. The Balaban J connectivity index is 1.79. The van der Waals surface area contributed by atoms with Crippen LogP contribution in [0.25, 0.3) is 0 Å². The summed E-state index contributed by atoms with van der Waals surface area (Å²) in [6, 6.07) is 5.57. The minimum Gasteiger partial charge on any atom is -0.375 e. The third kappa shape index (κ3) is 3.20. The molecule has 1 atom stereocenters. The quantitative estimate of drug-likeness (QED) is 0.649. The van der Waals surface area contributed by atoms with Crippen LogP contribution in [0, 0.1) is 5.92 Å². The first kappa shape index (κ1) is 15.5. The molecule has 1 aromatic rings. The van der Waals surface area contributed by atoms with Crippen molar-refractivity contribution in [2.24, 2.45) is 5.92 Å². The number of carbonyl (C=O) groups is 1. The van der Waals surface area contributed by atoms with Gasteiger partial charge in [-0.25, -0.2) is 0 Å². The number of hydrogen-bond donors (Lipinski definition) is 0. The summed E-state index contributed by atoms with van der Waals surface area (Å²) in [5, 5.41) is 0.534. The summed E-state index contributed by atoms with van der Waals surface area (Å²) in [5.41, 5.74) is 0.596. The summed E-state index contributed by atoms with van der Waals surface area (Å²) in [6.07, 6.45) is 7.60. The second-order valence-corrected chi connectivity index (χ2v) is 7.48. The number of rotatable bonds is 2. The average molecular weight is 372 g/mol. The van der Waals surface area contributed by atoms with E-state index in [1.54, 1.807) is 0 Å². The van der Waals surface area contributed by atoms with E-state index in [-0.39, 0.29) is 17.3 Å². The molecular formula is C17H20BrClO2. The first-order valence-corrected chi connectivity index (χ1v) is 8.91. The van der Waals surface area contributed by atoms with Crippen LogP contribution in [0.1, 0.15) is 55.3 Å². The summed E-state index contributed by atoms with van der Waals surface area (Å²) in [4.78, 5) is 12.8. The molecule has 3 rings (SSSR count). The van der Waals surface area contributed by atoms with Crippen LogP contribution in [-0.4, -0.2) is 18.0 Å². The van der Waals surface area contributed by atoms with Crippen molar-refractivity contribution in [3.63, 3.8) is 0 Å². The number of ketones is 1. The molecule has 4 heteroatoms. The van der Waals surface area contributed by atoms with Crippen LogP contribution < -0.4 is 0 Å². The van der Waals surface area contributed by atoms with Gasteiger partial charge in [-0.2, -0.15) is 0 Å². The van der Waals surface area contributed by atoms with E-state index in [1.165, 1.54) is 19.3 Å². The third-order valence-corrected chi connectivity index (χ3v) is 6.14. The van der Waals surface area contributed by atoms with E-state index >= 15 is 0 Å². The predicted octanol–water partition coefficient (Wildman–Crippen LogP) is 5.41.